The number of nitriles is 1. The first-order chi connectivity index (χ1) is 14.6. The number of hydrogen-bond acceptors (Lipinski definition) is 5. The van der Waals surface area contributed by atoms with Crippen molar-refractivity contribution in [2.75, 3.05) is 18.4 Å². The minimum Gasteiger partial charge on any atom is -0.368 e. The van der Waals surface area contributed by atoms with E-state index in [4.69, 9.17) is 10.2 Å². The van der Waals surface area contributed by atoms with Crippen LogP contribution in [0.5, 0.6) is 0 Å². The molecule has 8 nitrogen and oxygen atoms in total. The summed E-state index contributed by atoms with van der Waals surface area (Å²) in [6.45, 7) is 3.53. The van der Waals surface area contributed by atoms with Gasteiger partial charge in [0.1, 0.15) is 12.0 Å². The van der Waals surface area contributed by atoms with E-state index in [2.05, 4.69) is 39.3 Å². The van der Waals surface area contributed by atoms with Gasteiger partial charge in [0.05, 0.1) is 29.6 Å². The molecule has 2 aromatic rings. The molecule has 1 aromatic heterocycles. The van der Waals surface area contributed by atoms with Gasteiger partial charge in [0.25, 0.3) is 0 Å². The second-order valence-corrected chi connectivity index (χ2v) is 8.09. The molecule has 152 valence electrons. The normalized spacial score (nSPS) is 26.5. The Morgan fingerprint density at radius 3 is 3.17 bits per heavy atom. The molecule has 3 aliphatic heterocycles. The van der Waals surface area contributed by atoms with E-state index in [-0.39, 0.29) is 24.2 Å². The molecule has 3 aliphatic rings. The molecular formula is C22H23N7O. The predicted octanol–water partition coefficient (Wildman–Crippen LogP) is 2.83. The Balaban J connectivity index is 1.37. The number of urea groups is 1. The molecule has 5 rings (SSSR count). The van der Waals surface area contributed by atoms with E-state index in [0.29, 0.717) is 30.3 Å². The van der Waals surface area contributed by atoms with Gasteiger partial charge in [0, 0.05) is 30.9 Å². The number of benzene rings is 1. The Labute approximate surface area is 174 Å². The van der Waals surface area contributed by atoms with Crippen LogP contribution in [0.25, 0.3) is 0 Å². The highest BCUT2D eigenvalue weighted by Crippen LogP contribution is 2.36. The third-order valence-electron chi connectivity index (χ3n) is 6.22. The largest absolute Gasteiger partial charge is 0.368 e. The summed E-state index contributed by atoms with van der Waals surface area (Å²) >= 11 is 0. The first kappa shape index (κ1) is 18.4. The molecule has 0 aliphatic carbocycles. The lowest BCUT2D eigenvalue weighted by molar-refractivity contribution is 0.168. The van der Waals surface area contributed by atoms with Crippen molar-refractivity contribution in [1.82, 2.24) is 19.8 Å². The van der Waals surface area contributed by atoms with Crippen LogP contribution in [0.3, 0.4) is 0 Å². The molecule has 1 saturated heterocycles. The molecule has 30 heavy (non-hydrogen) atoms. The zero-order chi connectivity index (χ0) is 20.7. The first-order valence-electron chi connectivity index (χ1n) is 10.2. The monoisotopic (exact) mass is 401 g/mol. The number of carbonyl (C=O) groups is 1. The van der Waals surface area contributed by atoms with Gasteiger partial charge < -0.3 is 20.1 Å². The number of rotatable bonds is 2. The Morgan fingerprint density at radius 2 is 2.30 bits per heavy atom. The minimum absolute atomic E-state index is 0.0103. The number of anilines is 1. The van der Waals surface area contributed by atoms with Gasteiger partial charge in [-0.3, -0.25) is 4.99 Å². The van der Waals surface area contributed by atoms with Crippen molar-refractivity contribution in [3.05, 3.63) is 59.8 Å². The molecule has 4 atom stereocenters. The lowest BCUT2D eigenvalue weighted by atomic mass is 9.86. The lowest BCUT2D eigenvalue weighted by Crippen LogP contribution is -2.45. The number of likely N-dealkylation sites (tertiary alicyclic amines) is 1. The summed E-state index contributed by atoms with van der Waals surface area (Å²) in [6.07, 6.45) is 8.74. The molecule has 0 saturated carbocycles. The zero-order valence-corrected chi connectivity index (χ0v) is 16.7. The number of aromatic nitrogens is 2. The Kier molecular flexibility index (Phi) is 4.51. The number of fused-ring (bicyclic) bond motifs is 3. The smallest absolute Gasteiger partial charge is 0.321 e. The highest BCUT2D eigenvalue weighted by atomic mass is 16.2. The highest BCUT2D eigenvalue weighted by Gasteiger charge is 2.37. The first-order valence-corrected chi connectivity index (χ1v) is 10.2. The fraction of sp³-hybridized carbons (Fsp3) is 0.364. The fourth-order valence-corrected chi connectivity index (χ4v) is 4.51. The van der Waals surface area contributed by atoms with E-state index in [9.17, 15) is 4.79 Å². The standard InChI is InChI=1S/C22H23N7O/c1-14-6-8-28(22(30)27-16-4-2-3-15(9-16)10-23)13-18(14)21-26-12-17-11-25-20-19(29(17)21)5-7-24-20/h2-5,7,9,11-12,14,18-20,24H,6,8,13H2,1H3,(H,27,30)/t14-,18+,19?,20?/m1/s1. The van der Waals surface area contributed by atoms with E-state index in [1.807, 2.05) is 23.5 Å². The summed E-state index contributed by atoms with van der Waals surface area (Å²) < 4.78 is 2.26. The molecule has 0 radical (unpaired) electrons. The van der Waals surface area contributed by atoms with Crippen molar-refractivity contribution < 1.29 is 4.79 Å². The topological polar surface area (TPSA) is 98.3 Å². The summed E-state index contributed by atoms with van der Waals surface area (Å²) in [4.78, 5) is 24.1. The predicted molar refractivity (Wildman–Crippen MR) is 113 cm³/mol. The highest BCUT2D eigenvalue weighted by molar-refractivity contribution is 5.89. The van der Waals surface area contributed by atoms with Crippen LogP contribution in [0.1, 0.15) is 42.4 Å². The van der Waals surface area contributed by atoms with Crippen LogP contribution in [-0.2, 0) is 0 Å². The van der Waals surface area contributed by atoms with Gasteiger partial charge in [0.2, 0.25) is 0 Å². The van der Waals surface area contributed by atoms with Crippen LogP contribution in [0.2, 0.25) is 0 Å². The van der Waals surface area contributed by atoms with Crippen LogP contribution in [0.15, 0.2) is 47.7 Å². The van der Waals surface area contributed by atoms with Crippen molar-refractivity contribution in [2.45, 2.75) is 31.5 Å². The number of carbonyl (C=O) groups excluding carboxylic acids is 1. The van der Waals surface area contributed by atoms with Crippen LogP contribution >= 0.6 is 0 Å². The average molecular weight is 401 g/mol. The van der Waals surface area contributed by atoms with Crippen LogP contribution in [-0.4, -0.2) is 46.0 Å². The summed E-state index contributed by atoms with van der Waals surface area (Å²) in [6, 6.07) is 9.05. The zero-order valence-electron chi connectivity index (χ0n) is 16.7. The number of hydrogen-bond donors (Lipinski definition) is 2. The van der Waals surface area contributed by atoms with Gasteiger partial charge in [-0.15, -0.1) is 0 Å². The van der Waals surface area contributed by atoms with Gasteiger partial charge in [-0.25, -0.2) is 9.78 Å². The molecule has 8 heteroatoms. The number of imidazole rings is 1. The summed E-state index contributed by atoms with van der Waals surface area (Å²) in [7, 11) is 0. The Bertz CT molecular complexity index is 1080. The summed E-state index contributed by atoms with van der Waals surface area (Å²) in [5.41, 5.74) is 2.16. The van der Waals surface area contributed by atoms with Crippen LogP contribution in [0, 0.1) is 17.2 Å². The number of nitrogens with one attached hydrogen (secondary N) is 2. The fourth-order valence-electron chi connectivity index (χ4n) is 4.51. The second-order valence-electron chi connectivity index (χ2n) is 8.09. The molecule has 2 N–H and O–H groups in total. The van der Waals surface area contributed by atoms with Crippen molar-refractivity contribution in [3.8, 4) is 6.07 Å². The van der Waals surface area contributed by atoms with Crippen LogP contribution < -0.4 is 10.6 Å². The average Bonchev–Trinajstić information content (AvgIpc) is 3.40. The maximum absolute atomic E-state index is 12.9. The quantitative estimate of drug-likeness (QED) is 0.808. The molecular weight excluding hydrogens is 378 g/mol. The van der Waals surface area contributed by atoms with Gasteiger partial charge in [-0.1, -0.05) is 13.0 Å². The van der Waals surface area contributed by atoms with Crippen molar-refractivity contribution in [2.24, 2.45) is 10.9 Å². The van der Waals surface area contributed by atoms with Gasteiger partial charge in [0.15, 0.2) is 0 Å². The van der Waals surface area contributed by atoms with E-state index in [1.165, 1.54) is 0 Å². The number of aliphatic imine (C=N–C) groups is 1. The molecule has 0 spiro atoms. The van der Waals surface area contributed by atoms with Crippen molar-refractivity contribution >= 4 is 17.9 Å². The molecule has 1 fully saturated rings. The SMILES string of the molecule is C[C@@H]1CCN(C(=O)Nc2cccc(C#N)c2)C[C@@H]1c1ncc2n1C1C=CNC1N=C2. The van der Waals surface area contributed by atoms with E-state index < -0.39 is 0 Å². The van der Waals surface area contributed by atoms with Gasteiger partial charge in [-0.2, -0.15) is 5.26 Å². The molecule has 1 aromatic carbocycles. The Hall–Kier alpha value is -3.60. The second kappa shape index (κ2) is 7.34. The summed E-state index contributed by atoms with van der Waals surface area (Å²) in [5, 5.41) is 15.3. The third kappa shape index (κ3) is 3.12. The molecule has 0 bridgehead atoms. The number of amides is 2. The van der Waals surface area contributed by atoms with Gasteiger partial charge in [-0.05, 0) is 42.8 Å². The summed E-state index contributed by atoms with van der Waals surface area (Å²) in [5.74, 6) is 1.57. The maximum atomic E-state index is 12.9. The maximum Gasteiger partial charge on any atom is 0.321 e. The lowest BCUT2D eigenvalue weighted by Gasteiger charge is -2.38. The van der Waals surface area contributed by atoms with E-state index >= 15 is 0 Å². The van der Waals surface area contributed by atoms with Crippen molar-refractivity contribution in [3.63, 3.8) is 0 Å². The third-order valence-corrected chi connectivity index (χ3v) is 6.22. The minimum atomic E-state index is -0.144. The number of nitrogens with zero attached hydrogens (tertiary/aromatic N) is 5. The number of piperidine rings is 1. The van der Waals surface area contributed by atoms with Crippen LogP contribution in [0.4, 0.5) is 10.5 Å². The Morgan fingerprint density at radius 1 is 1.40 bits per heavy atom. The van der Waals surface area contributed by atoms with E-state index in [0.717, 1.165) is 17.9 Å². The molecule has 4 heterocycles. The van der Waals surface area contributed by atoms with E-state index in [1.54, 1.807) is 24.3 Å². The molecule has 2 unspecified atom stereocenters. The van der Waals surface area contributed by atoms with Crippen molar-refractivity contribution in [1.29, 1.82) is 5.26 Å². The van der Waals surface area contributed by atoms with Gasteiger partial charge >= 0.3 is 6.03 Å². The molecule has 2 amide bonds.